The van der Waals surface area contributed by atoms with Gasteiger partial charge in [0.05, 0.1) is 0 Å². The van der Waals surface area contributed by atoms with Crippen molar-refractivity contribution in [2.24, 2.45) is 0 Å². The van der Waals surface area contributed by atoms with Crippen LogP contribution in [0.1, 0.15) is 62.6 Å². The normalized spacial score (nSPS) is 11.9. The summed E-state index contributed by atoms with van der Waals surface area (Å²) in [5.41, 5.74) is 5.46. The molecule has 4 heteroatoms. The molecule has 1 aliphatic carbocycles. The summed E-state index contributed by atoms with van der Waals surface area (Å²) in [6.07, 6.45) is 7.56. The Labute approximate surface area is 195 Å². The van der Waals surface area contributed by atoms with E-state index in [1.54, 1.807) is 0 Å². The number of rotatable bonds is 5. The van der Waals surface area contributed by atoms with Gasteiger partial charge in [-0.1, -0.05) is 76.2 Å². The topological polar surface area (TPSA) is 12.0 Å². The van der Waals surface area contributed by atoms with Crippen LogP contribution in [0.3, 0.4) is 0 Å². The van der Waals surface area contributed by atoms with Crippen molar-refractivity contribution in [2.45, 2.75) is 52.5 Å². The van der Waals surface area contributed by atoms with Crippen LogP contribution in [0.15, 0.2) is 70.6 Å². The predicted octanol–water partition coefficient (Wildman–Crippen LogP) is 0.931. The summed E-state index contributed by atoms with van der Waals surface area (Å²) in [4.78, 5) is 0. The molecule has 2 aromatic rings. The Morgan fingerprint density at radius 2 is 1.43 bits per heavy atom. The van der Waals surface area contributed by atoms with Gasteiger partial charge in [-0.15, -0.1) is 0 Å². The Bertz CT molecular complexity index is 726. The van der Waals surface area contributed by atoms with E-state index in [1.165, 1.54) is 32.7 Å². The van der Waals surface area contributed by atoms with Gasteiger partial charge in [-0.05, 0) is 28.5 Å². The van der Waals surface area contributed by atoms with Gasteiger partial charge in [-0.2, -0.15) is 0 Å². The van der Waals surface area contributed by atoms with Crippen molar-refractivity contribution < 1.29 is 45.2 Å². The SMILES string of the molecule is CC(C)c1cccc(C(C)C)c1NCc1ccccc1.[Cl-].[Cl-].[Ti+2][C]1=CC=CC1. The van der Waals surface area contributed by atoms with E-state index in [4.69, 9.17) is 0 Å². The van der Waals surface area contributed by atoms with Crippen molar-refractivity contribution in [2.75, 3.05) is 5.32 Å². The number of anilines is 1. The Morgan fingerprint density at radius 1 is 0.857 bits per heavy atom. The third-order valence-electron chi connectivity index (χ3n) is 4.46. The van der Waals surface area contributed by atoms with E-state index in [0.29, 0.717) is 11.8 Å². The molecule has 0 bridgehead atoms. The Kier molecular flexibility index (Phi) is 13.6. The summed E-state index contributed by atoms with van der Waals surface area (Å²) >= 11 is 2.14. The van der Waals surface area contributed by atoms with Crippen LogP contribution in [-0.4, -0.2) is 0 Å². The zero-order valence-corrected chi connectivity index (χ0v) is 20.2. The number of para-hydroxylation sites is 1. The molecule has 149 valence electrons. The molecule has 0 spiro atoms. The first kappa shape index (κ1) is 27.0. The quantitative estimate of drug-likeness (QED) is 0.668. The monoisotopic (exact) mass is 450 g/mol. The summed E-state index contributed by atoms with van der Waals surface area (Å²) in [6, 6.07) is 17.2. The molecule has 0 aliphatic heterocycles. The van der Waals surface area contributed by atoms with Crippen LogP contribution in [0.5, 0.6) is 0 Å². The first-order chi connectivity index (χ1) is 12.5. The van der Waals surface area contributed by atoms with Gasteiger partial charge in [-0.3, -0.25) is 0 Å². The number of halogens is 2. The van der Waals surface area contributed by atoms with Crippen LogP contribution < -0.4 is 30.1 Å². The van der Waals surface area contributed by atoms with E-state index in [-0.39, 0.29) is 24.8 Å². The van der Waals surface area contributed by atoms with Crippen LogP contribution >= 0.6 is 0 Å². The zero-order valence-electron chi connectivity index (χ0n) is 17.2. The molecule has 0 saturated heterocycles. The van der Waals surface area contributed by atoms with Gasteiger partial charge in [0.15, 0.2) is 0 Å². The van der Waals surface area contributed by atoms with Gasteiger partial charge in [0, 0.05) is 12.2 Å². The third kappa shape index (κ3) is 8.58. The van der Waals surface area contributed by atoms with Crippen LogP contribution in [0.25, 0.3) is 0 Å². The van der Waals surface area contributed by atoms with E-state index in [1.807, 2.05) is 0 Å². The summed E-state index contributed by atoms with van der Waals surface area (Å²) in [6.45, 7) is 9.91. The number of nitrogens with one attached hydrogen (secondary N) is 1. The first-order valence-corrected chi connectivity index (χ1v) is 10.2. The maximum atomic E-state index is 3.66. The van der Waals surface area contributed by atoms with Gasteiger partial charge in [0.2, 0.25) is 0 Å². The van der Waals surface area contributed by atoms with Crippen molar-refractivity contribution in [3.05, 3.63) is 87.3 Å². The summed E-state index contributed by atoms with van der Waals surface area (Å²) in [7, 11) is 0. The minimum absolute atomic E-state index is 0. The molecule has 0 heterocycles. The van der Waals surface area contributed by atoms with Crippen molar-refractivity contribution in [1.82, 2.24) is 0 Å². The summed E-state index contributed by atoms with van der Waals surface area (Å²) < 4.78 is 1.47. The molecule has 28 heavy (non-hydrogen) atoms. The zero-order chi connectivity index (χ0) is 18.9. The number of hydrogen-bond acceptors (Lipinski definition) is 1. The van der Waals surface area contributed by atoms with Crippen LogP contribution in [-0.2, 0) is 27.0 Å². The minimum atomic E-state index is 0. The molecule has 0 aromatic heterocycles. The second-order valence-electron chi connectivity index (χ2n) is 7.28. The van der Waals surface area contributed by atoms with E-state index < -0.39 is 0 Å². The molecule has 0 amide bonds. The molecule has 1 N–H and O–H groups in total. The first-order valence-electron chi connectivity index (χ1n) is 9.47. The molecule has 2 aromatic carbocycles. The molecule has 1 aliphatic rings. The van der Waals surface area contributed by atoms with Crippen LogP contribution in [0, 0.1) is 0 Å². The van der Waals surface area contributed by atoms with Crippen molar-refractivity contribution in [1.29, 1.82) is 0 Å². The van der Waals surface area contributed by atoms with E-state index in [9.17, 15) is 0 Å². The predicted molar refractivity (Wildman–Crippen MR) is 110 cm³/mol. The maximum absolute atomic E-state index is 3.66. The molecular weight excluding hydrogens is 421 g/mol. The van der Waals surface area contributed by atoms with E-state index >= 15 is 0 Å². The number of hydrogen-bond donors (Lipinski definition) is 1. The van der Waals surface area contributed by atoms with E-state index in [0.717, 1.165) is 6.54 Å². The molecule has 1 nitrogen and oxygen atoms in total. The number of benzene rings is 2. The molecular formula is C24H30Cl2NTi. The number of allylic oxidation sites excluding steroid dienone is 4. The fraction of sp³-hybridized carbons (Fsp3) is 0.333. The molecule has 0 radical (unpaired) electrons. The fourth-order valence-electron chi connectivity index (χ4n) is 2.99. The van der Waals surface area contributed by atoms with Crippen molar-refractivity contribution in [3.8, 4) is 0 Å². The van der Waals surface area contributed by atoms with Gasteiger partial charge in [-0.25, -0.2) is 0 Å². The average molecular weight is 451 g/mol. The third-order valence-corrected chi connectivity index (χ3v) is 5.04. The standard InChI is InChI=1S/C19H25N.C5H5.2ClH.Ti/c1-14(2)17-11-8-12-18(15(3)4)19(17)20-13-16-9-6-5-7-10-16;1-2-4-5-3-1;;;/h5-12,14-15,20H,13H2,1-4H3;1-3H,4H2;2*1H;/q;;;;+2/p-2. The fourth-order valence-corrected chi connectivity index (χ4v) is 3.32. The average Bonchev–Trinajstić information content (AvgIpc) is 3.12. The second kappa shape index (κ2) is 14.1. The molecule has 0 unspecified atom stereocenters. The van der Waals surface area contributed by atoms with Crippen LogP contribution in [0.4, 0.5) is 5.69 Å². The van der Waals surface area contributed by atoms with Gasteiger partial charge < -0.3 is 30.1 Å². The van der Waals surface area contributed by atoms with Gasteiger partial charge in [0.25, 0.3) is 0 Å². The molecule has 0 atom stereocenters. The molecule has 3 rings (SSSR count). The summed E-state index contributed by atoms with van der Waals surface area (Å²) in [5.74, 6) is 1.07. The Balaban J connectivity index is 0.000000782. The van der Waals surface area contributed by atoms with Crippen molar-refractivity contribution in [3.63, 3.8) is 0 Å². The molecule has 0 saturated carbocycles. The van der Waals surface area contributed by atoms with Crippen LogP contribution in [0.2, 0.25) is 0 Å². The molecule has 0 fully saturated rings. The van der Waals surface area contributed by atoms with Gasteiger partial charge >= 0.3 is 49.0 Å². The van der Waals surface area contributed by atoms with Gasteiger partial charge in [0.1, 0.15) is 0 Å². The van der Waals surface area contributed by atoms with Crippen molar-refractivity contribution >= 4 is 5.69 Å². The Hall–Kier alpha value is -0.986. The Morgan fingerprint density at radius 3 is 1.82 bits per heavy atom. The summed E-state index contributed by atoms with van der Waals surface area (Å²) in [5, 5.41) is 3.66. The second-order valence-corrected chi connectivity index (χ2v) is 8.29. The van der Waals surface area contributed by atoms with E-state index in [2.05, 4.69) is 120 Å².